The summed E-state index contributed by atoms with van der Waals surface area (Å²) in [6, 6.07) is 10.5. The number of benzene rings is 1. The van der Waals surface area contributed by atoms with Gasteiger partial charge in [0.2, 0.25) is 5.91 Å². The number of nitrogens with zero attached hydrogens (tertiary/aromatic N) is 2. The summed E-state index contributed by atoms with van der Waals surface area (Å²) in [6.07, 6.45) is 6.62. The summed E-state index contributed by atoms with van der Waals surface area (Å²) in [5.74, 6) is 0.335. The summed E-state index contributed by atoms with van der Waals surface area (Å²) in [5.41, 5.74) is 2.47. The predicted octanol–water partition coefficient (Wildman–Crippen LogP) is 3.13. The van der Waals surface area contributed by atoms with Crippen LogP contribution in [0.5, 0.6) is 0 Å². The van der Waals surface area contributed by atoms with E-state index in [2.05, 4.69) is 47.2 Å². The molecule has 3 heteroatoms. The molecule has 2 heterocycles. The molecule has 0 N–H and O–H groups in total. The number of allylic oxidation sites excluding steroid dienone is 1. The maximum Gasteiger partial charge on any atom is 0.245 e. The summed E-state index contributed by atoms with van der Waals surface area (Å²) in [7, 11) is 0. The van der Waals surface area contributed by atoms with Crippen molar-refractivity contribution in [3.63, 3.8) is 0 Å². The zero-order chi connectivity index (χ0) is 14.7. The molecule has 2 saturated heterocycles. The molecule has 2 aliphatic heterocycles. The Labute approximate surface area is 127 Å². The van der Waals surface area contributed by atoms with Crippen LogP contribution in [0.1, 0.15) is 38.2 Å². The van der Waals surface area contributed by atoms with E-state index in [0.29, 0.717) is 5.91 Å². The van der Waals surface area contributed by atoms with E-state index in [-0.39, 0.29) is 6.04 Å². The van der Waals surface area contributed by atoms with Gasteiger partial charge in [-0.15, -0.1) is 0 Å². The molecule has 1 atom stereocenters. The maximum absolute atomic E-state index is 12.6. The number of rotatable bonds is 3. The fourth-order valence-electron chi connectivity index (χ4n) is 3.38. The van der Waals surface area contributed by atoms with Gasteiger partial charge >= 0.3 is 0 Å². The molecule has 1 aromatic carbocycles. The molecule has 0 spiro atoms. The highest BCUT2D eigenvalue weighted by Gasteiger charge is 2.33. The second kappa shape index (κ2) is 6.33. The third-order valence-corrected chi connectivity index (χ3v) is 4.59. The molecule has 1 aromatic rings. The van der Waals surface area contributed by atoms with Gasteiger partial charge in [0, 0.05) is 25.8 Å². The first kappa shape index (κ1) is 14.2. The van der Waals surface area contributed by atoms with Gasteiger partial charge in [0.25, 0.3) is 0 Å². The van der Waals surface area contributed by atoms with Crippen LogP contribution in [0.2, 0.25) is 0 Å². The van der Waals surface area contributed by atoms with Crippen molar-refractivity contribution in [2.24, 2.45) is 0 Å². The summed E-state index contributed by atoms with van der Waals surface area (Å²) in [5, 5.41) is 0. The van der Waals surface area contributed by atoms with Crippen molar-refractivity contribution in [3.05, 3.63) is 42.1 Å². The SMILES string of the molecule is C/C(=C\N1CCC[C@H]1C(=O)N1CCCC1)c1ccccc1. The van der Waals surface area contributed by atoms with Gasteiger partial charge in [-0.3, -0.25) is 4.79 Å². The fourth-order valence-corrected chi connectivity index (χ4v) is 3.38. The lowest BCUT2D eigenvalue weighted by atomic mass is 10.1. The topological polar surface area (TPSA) is 23.6 Å². The monoisotopic (exact) mass is 284 g/mol. The molecule has 2 aliphatic rings. The van der Waals surface area contributed by atoms with Crippen LogP contribution in [-0.2, 0) is 4.79 Å². The minimum atomic E-state index is 0.0572. The van der Waals surface area contributed by atoms with Crippen molar-refractivity contribution in [2.75, 3.05) is 19.6 Å². The Morgan fingerprint density at radius 2 is 1.81 bits per heavy atom. The number of carbonyl (C=O) groups excluding carboxylic acids is 1. The highest BCUT2D eigenvalue weighted by molar-refractivity contribution is 5.83. The van der Waals surface area contributed by atoms with Gasteiger partial charge in [0.15, 0.2) is 0 Å². The molecule has 0 bridgehead atoms. The van der Waals surface area contributed by atoms with E-state index in [1.807, 2.05) is 6.07 Å². The van der Waals surface area contributed by atoms with Crippen LogP contribution in [0.3, 0.4) is 0 Å². The minimum absolute atomic E-state index is 0.0572. The zero-order valence-electron chi connectivity index (χ0n) is 12.8. The summed E-state index contributed by atoms with van der Waals surface area (Å²) in [4.78, 5) is 16.9. The third-order valence-electron chi connectivity index (χ3n) is 4.59. The second-order valence-electron chi connectivity index (χ2n) is 6.11. The number of amides is 1. The molecule has 112 valence electrons. The third kappa shape index (κ3) is 3.12. The molecule has 0 aliphatic carbocycles. The average Bonchev–Trinajstić information content (AvgIpc) is 3.19. The first-order chi connectivity index (χ1) is 10.3. The summed E-state index contributed by atoms with van der Waals surface area (Å²) in [6.45, 7) is 5.02. The highest BCUT2D eigenvalue weighted by atomic mass is 16.2. The lowest BCUT2D eigenvalue weighted by Gasteiger charge is -2.27. The minimum Gasteiger partial charge on any atom is -0.365 e. The molecule has 21 heavy (non-hydrogen) atoms. The molecule has 0 radical (unpaired) electrons. The van der Waals surface area contributed by atoms with E-state index in [1.54, 1.807) is 0 Å². The summed E-state index contributed by atoms with van der Waals surface area (Å²) < 4.78 is 0. The van der Waals surface area contributed by atoms with Gasteiger partial charge in [-0.1, -0.05) is 30.3 Å². The number of carbonyl (C=O) groups is 1. The summed E-state index contributed by atoms with van der Waals surface area (Å²) >= 11 is 0. The maximum atomic E-state index is 12.6. The van der Waals surface area contributed by atoms with Crippen LogP contribution in [-0.4, -0.2) is 41.4 Å². The van der Waals surface area contributed by atoms with Crippen molar-refractivity contribution in [1.29, 1.82) is 0 Å². The van der Waals surface area contributed by atoms with Gasteiger partial charge < -0.3 is 9.80 Å². The fraction of sp³-hybridized carbons (Fsp3) is 0.500. The van der Waals surface area contributed by atoms with Crippen LogP contribution in [0, 0.1) is 0 Å². The van der Waals surface area contributed by atoms with E-state index in [9.17, 15) is 4.79 Å². The van der Waals surface area contributed by atoms with Gasteiger partial charge in [-0.05, 0) is 43.7 Å². The van der Waals surface area contributed by atoms with E-state index in [1.165, 1.54) is 11.1 Å². The van der Waals surface area contributed by atoms with E-state index >= 15 is 0 Å². The van der Waals surface area contributed by atoms with Gasteiger partial charge in [-0.2, -0.15) is 0 Å². The van der Waals surface area contributed by atoms with Gasteiger partial charge in [0.1, 0.15) is 6.04 Å². The van der Waals surface area contributed by atoms with Crippen LogP contribution >= 0.6 is 0 Å². The Kier molecular flexibility index (Phi) is 4.28. The van der Waals surface area contributed by atoms with Crippen LogP contribution in [0.4, 0.5) is 0 Å². The lowest BCUT2D eigenvalue weighted by Crippen LogP contribution is -2.42. The van der Waals surface area contributed by atoms with Crippen LogP contribution < -0.4 is 0 Å². The Hall–Kier alpha value is -1.77. The molecule has 1 amide bonds. The molecule has 2 fully saturated rings. The average molecular weight is 284 g/mol. The van der Waals surface area contributed by atoms with Gasteiger partial charge in [-0.25, -0.2) is 0 Å². The highest BCUT2D eigenvalue weighted by Crippen LogP contribution is 2.24. The van der Waals surface area contributed by atoms with Crippen molar-refractivity contribution in [1.82, 2.24) is 9.80 Å². The quantitative estimate of drug-likeness (QED) is 0.851. The van der Waals surface area contributed by atoms with E-state index < -0.39 is 0 Å². The smallest absolute Gasteiger partial charge is 0.245 e. The van der Waals surface area contributed by atoms with E-state index in [4.69, 9.17) is 0 Å². The molecular weight excluding hydrogens is 260 g/mol. The van der Waals surface area contributed by atoms with Crippen molar-refractivity contribution < 1.29 is 4.79 Å². The normalized spacial score (nSPS) is 22.9. The van der Waals surface area contributed by atoms with E-state index in [0.717, 1.165) is 45.3 Å². The Morgan fingerprint density at radius 3 is 2.52 bits per heavy atom. The number of hydrogen-bond donors (Lipinski definition) is 0. The Morgan fingerprint density at radius 1 is 1.10 bits per heavy atom. The van der Waals surface area contributed by atoms with Crippen molar-refractivity contribution in [2.45, 2.75) is 38.6 Å². The molecular formula is C18H24N2O. The number of hydrogen-bond acceptors (Lipinski definition) is 2. The lowest BCUT2D eigenvalue weighted by molar-refractivity contribution is -0.134. The largest absolute Gasteiger partial charge is 0.365 e. The first-order valence-electron chi connectivity index (χ1n) is 8.04. The Balaban J connectivity index is 1.73. The van der Waals surface area contributed by atoms with Crippen LogP contribution in [0.15, 0.2) is 36.5 Å². The zero-order valence-corrected chi connectivity index (χ0v) is 12.8. The van der Waals surface area contributed by atoms with Crippen molar-refractivity contribution >= 4 is 11.5 Å². The van der Waals surface area contributed by atoms with Gasteiger partial charge in [0.05, 0.1) is 0 Å². The second-order valence-corrected chi connectivity index (χ2v) is 6.11. The molecule has 0 unspecified atom stereocenters. The first-order valence-corrected chi connectivity index (χ1v) is 8.04. The molecule has 3 nitrogen and oxygen atoms in total. The Bertz CT molecular complexity index is 517. The van der Waals surface area contributed by atoms with Crippen LogP contribution in [0.25, 0.3) is 5.57 Å². The standard InChI is InChI=1S/C18H24N2O/c1-15(16-8-3-2-4-9-16)14-20-13-7-10-17(20)18(21)19-11-5-6-12-19/h2-4,8-9,14,17H,5-7,10-13H2,1H3/b15-14+/t17-/m0/s1. The molecule has 0 aromatic heterocycles. The molecule has 3 rings (SSSR count). The predicted molar refractivity (Wildman–Crippen MR) is 85.6 cm³/mol. The number of likely N-dealkylation sites (tertiary alicyclic amines) is 2. The van der Waals surface area contributed by atoms with Crippen molar-refractivity contribution in [3.8, 4) is 0 Å². The molecule has 0 saturated carbocycles.